The van der Waals surface area contributed by atoms with Crippen LogP contribution in [-0.2, 0) is 0 Å². The Hall–Kier alpha value is -0.0800. The summed E-state index contributed by atoms with van der Waals surface area (Å²) in [5.41, 5.74) is 0. The Morgan fingerprint density at radius 1 is 0.769 bits per heavy atom. The topological polar surface area (TPSA) is 40.5 Å². The summed E-state index contributed by atoms with van der Waals surface area (Å²) in [4.78, 5) is 0. The van der Waals surface area contributed by atoms with Gasteiger partial charge in [-0.1, -0.05) is 51.9 Å². The molecule has 0 saturated carbocycles. The first-order chi connectivity index (χ1) is 6.27. The number of hydrogen-bond acceptors (Lipinski definition) is 2. The molecule has 0 unspecified atom stereocenters. The van der Waals surface area contributed by atoms with Gasteiger partial charge in [-0.25, -0.2) is 0 Å². The summed E-state index contributed by atoms with van der Waals surface area (Å²) in [5.74, 6) is 0. The standard InChI is InChI=1S/C11H24O2/c1-2-3-4-5-6-7-8-9-10-11(12)13/h11-13H,2-10H2,1H3. The second kappa shape index (κ2) is 10.0. The van der Waals surface area contributed by atoms with E-state index in [9.17, 15) is 0 Å². The summed E-state index contributed by atoms with van der Waals surface area (Å²) in [6.07, 6.45) is 9.45. The Bertz CT molecular complexity index is 92.1. The summed E-state index contributed by atoms with van der Waals surface area (Å²) in [5, 5.41) is 17.2. The average Bonchev–Trinajstić information content (AvgIpc) is 2.09. The maximum absolute atomic E-state index is 8.58. The van der Waals surface area contributed by atoms with Gasteiger partial charge in [0.05, 0.1) is 0 Å². The van der Waals surface area contributed by atoms with Crippen molar-refractivity contribution in [3.63, 3.8) is 0 Å². The maximum Gasteiger partial charge on any atom is 0.151 e. The SMILES string of the molecule is CCCCCCCCCCC(O)O. The molecule has 13 heavy (non-hydrogen) atoms. The third-order valence-electron chi connectivity index (χ3n) is 2.32. The average molecular weight is 188 g/mol. The highest BCUT2D eigenvalue weighted by Gasteiger charge is 1.96. The van der Waals surface area contributed by atoms with Crippen LogP contribution in [0.2, 0.25) is 0 Å². The fraction of sp³-hybridized carbons (Fsp3) is 1.00. The number of unbranched alkanes of at least 4 members (excludes halogenated alkanes) is 7. The van der Waals surface area contributed by atoms with Gasteiger partial charge in [0.15, 0.2) is 6.29 Å². The molecular weight excluding hydrogens is 164 g/mol. The minimum Gasteiger partial charge on any atom is -0.368 e. The third-order valence-corrected chi connectivity index (χ3v) is 2.32. The highest BCUT2D eigenvalue weighted by molar-refractivity contribution is 4.47. The molecule has 80 valence electrons. The summed E-state index contributed by atoms with van der Waals surface area (Å²) in [6.45, 7) is 2.22. The van der Waals surface area contributed by atoms with Gasteiger partial charge >= 0.3 is 0 Å². The zero-order valence-electron chi connectivity index (χ0n) is 8.84. The predicted octanol–water partition coefficient (Wildman–Crippen LogP) is 2.83. The number of aliphatic hydroxyl groups is 2. The molecule has 0 bridgehead atoms. The van der Waals surface area contributed by atoms with Crippen LogP contribution >= 0.6 is 0 Å². The van der Waals surface area contributed by atoms with Gasteiger partial charge in [0.2, 0.25) is 0 Å². The second-order valence-corrected chi connectivity index (χ2v) is 3.74. The second-order valence-electron chi connectivity index (χ2n) is 3.74. The van der Waals surface area contributed by atoms with Crippen molar-refractivity contribution >= 4 is 0 Å². The van der Waals surface area contributed by atoms with Crippen molar-refractivity contribution in [1.82, 2.24) is 0 Å². The lowest BCUT2D eigenvalue weighted by Gasteiger charge is -2.03. The van der Waals surface area contributed by atoms with Crippen molar-refractivity contribution in [1.29, 1.82) is 0 Å². The molecule has 2 heteroatoms. The Kier molecular flexibility index (Phi) is 9.94. The molecule has 0 aliphatic heterocycles. The smallest absolute Gasteiger partial charge is 0.151 e. The van der Waals surface area contributed by atoms with E-state index in [1.165, 1.54) is 38.5 Å². The Morgan fingerprint density at radius 2 is 1.23 bits per heavy atom. The van der Waals surface area contributed by atoms with Gasteiger partial charge in [-0.2, -0.15) is 0 Å². The lowest BCUT2D eigenvalue weighted by molar-refractivity contribution is -0.0466. The Morgan fingerprint density at radius 3 is 1.69 bits per heavy atom. The van der Waals surface area contributed by atoms with Gasteiger partial charge in [-0.3, -0.25) is 0 Å². The first-order valence-electron chi connectivity index (χ1n) is 5.63. The van der Waals surface area contributed by atoms with E-state index in [0.29, 0.717) is 6.42 Å². The minimum absolute atomic E-state index is 0.537. The van der Waals surface area contributed by atoms with Crippen LogP contribution in [0, 0.1) is 0 Å². The summed E-state index contributed by atoms with van der Waals surface area (Å²) in [6, 6.07) is 0. The van der Waals surface area contributed by atoms with Crippen molar-refractivity contribution < 1.29 is 10.2 Å². The zero-order chi connectivity index (χ0) is 9.94. The van der Waals surface area contributed by atoms with Crippen molar-refractivity contribution in [3.8, 4) is 0 Å². The van der Waals surface area contributed by atoms with Gasteiger partial charge in [-0.15, -0.1) is 0 Å². The third kappa shape index (κ3) is 11.9. The quantitative estimate of drug-likeness (QED) is 0.431. The molecule has 2 N–H and O–H groups in total. The summed E-state index contributed by atoms with van der Waals surface area (Å²) < 4.78 is 0. The number of aliphatic hydroxyl groups excluding tert-OH is 1. The van der Waals surface area contributed by atoms with Crippen LogP contribution in [0.5, 0.6) is 0 Å². The Balaban J connectivity index is 2.84. The molecule has 0 saturated heterocycles. The first-order valence-corrected chi connectivity index (χ1v) is 5.63. The van der Waals surface area contributed by atoms with Crippen molar-refractivity contribution in [3.05, 3.63) is 0 Å². The molecule has 0 aromatic carbocycles. The molecule has 2 nitrogen and oxygen atoms in total. The molecule has 0 rings (SSSR count). The molecule has 0 aromatic heterocycles. The normalized spacial score (nSPS) is 11.1. The van der Waals surface area contributed by atoms with Crippen LogP contribution < -0.4 is 0 Å². The monoisotopic (exact) mass is 188 g/mol. The van der Waals surface area contributed by atoms with E-state index in [0.717, 1.165) is 12.8 Å². The van der Waals surface area contributed by atoms with Crippen molar-refractivity contribution in [2.75, 3.05) is 0 Å². The number of rotatable bonds is 9. The van der Waals surface area contributed by atoms with Gasteiger partial charge < -0.3 is 10.2 Å². The van der Waals surface area contributed by atoms with Crippen LogP contribution in [0.4, 0.5) is 0 Å². The summed E-state index contributed by atoms with van der Waals surface area (Å²) in [7, 11) is 0. The molecule has 0 amide bonds. The molecule has 0 aliphatic rings. The van der Waals surface area contributed by atoms with Gasteiger partial charge in [-0.05, 0) is 12.8 Å². The van der Waals surface area contributed by atoms with E-state index in [1.54, 1.807) is 0 Å². The van der Waals surface area contributed by atoms with Gasteiger partial charge in [0, 0.05) is 0 Å². The van der Waals surface area contributed by atoms with Crippen molar-refractivity contribution in [2.24, 2.45) is 0 Å². The molecule has 0 fully saturated rings. The van der Waals surface area contributed by atoms with Crippen LogP contribution in [-0.4, -0.2) is 16.5 Å². The van der Waals surface area contributed by atoms with E-state index in [2.05, 4.69) is 6.92 Å². The molecule has 0 atom stereocenters. The largest absolute Gasteiger partial charge is 0.368 e. The van der Waals surface area contributed by atoms with Crippen LogP contribution in [0.3, 0.4) is 0 Å². The van der Waals surface area contributed by atoms with Crippen molar-refractivity contribution in [2.45, 2.75) is 71.0 Å². The van der Waals surface area contributed by atoms with Gasteiger partial charge in [0.1, 0.15) is 0 Å². The van der Waals surface area contributed by atoms with E-state index in [4.69, 9.17) is 10.2 Å². The molecule has 0 heterocycles. The fourth-order valence-corrected chi connectivity index (χ4v) is 1.46. The van der Waals surface area contributed by atoms with E-state index < -0.39 is 6.29 Å². The predicted molar refractivity (Wildman–Crippen MR) is 55.5 cm³/mol. The fourth-order valence-electron chi connectivity index (χ4n) is 1.46. The Labute approximate surface area is 82.0 Å². The maximum atomic E-state index is 8.58. The molecule has 0 radical (unpaired) electrons. The van der Waals surface area contributed by atoms with Gasteiger partial charge in [0.25, 0.3) is 0 Å². The molecular formula is C11H24O2. The summed E-state index contributed by atoms with van der Waals surface area (Å²) >= 11 is 0. The lowest BCUT2D eigenvalue weighted by atomic mass is 10.1. The van der Waals surface area contributed by atoms with E-state index in [-0.39, 0.29) is 0 Å². The van der Waals surface area contributed by atoms with Crippen LogP contribution in [0.1, 0.15) is 64.7 Å². The minimum atomic E-state index is -1.10. The van der Waals surface area contributed by atoms with E-state index >= 15 is 0 Å². The molecule has 0 aliphatic carbocycles. The van der Waals surface area contributed by atoms with E-state index in [1.807, 2.05) is 0 Å². The molecule has 0 spiro atoms. The van der Waals surface area contributed by atoms with Crippen LogP contribution in [0.25, 0.3) is 0 Å². The lowest BCUT2D eigenvalue weighted by Crippen LogP contribution is -2.02. The highest BCUT2D eigenvalue weighted by Crippen LogP contribution is 2.09. The highest BCUT2D eigenvalue weighted by atomic mass is 16.5. The zero-order valence-corrected chi connectivity index (χ0v) is 8.84. The first kappa shape index (κ1) is 12.9. The molecule has 0 aromatic rings. The number of hydrogen-bond donors (Lipinski definition) is 2. The van der Waals surface area contributed by atoms with Crippen LogP contribution in [0.15, 0.2) is 0 Å².